The summed E-state index contributed by atoms with van der Waals surface area (Å²) in [4.78, 5) is 16.7. The minimum atomic E-state index is 0.0629. The Kier molecular flexibility index (Phi) is 7.21. The highest BCUT2D eigenvalue weighted by molar-refractivity contribution is 9.10. The second kappa shape index (κ2) is 10.3. The molecule has 0 bridgehead atoms. The molecule has 0 aliphatic carbocycles. The number of rotatable bonds is 9. The molecule has 9 heteroatoms. The van der Waals surface area contributed by atoms with Crippen LogP contribution in [-0.4, -0.2) is 33.6 Å². The molecule has 4 rings (SSSR count). The fourth-order valence-corrected chi connectivity index (χ4v) is 4.45. The van der Waals surface area contributed by atoms with Gasteiger partial charge in [0.05, 0.1) is 22.8 Å². The maximum Gasteiger partial charge on any atom is 0.224 e. The Bertz CT molecular complexity index is 1180. The zero-order chi connectivity index (χ0) is 21.6. The van der Waals surface area contributed by atoms with E-state index < -0.39 is 0 Å². The number of nitrogens with one attached hydrogen (secondary N) is 2. The number of thiophene rings is 1. The average Bonchev–Trinajstić information content (AvgIpc) is 3.41. The van der Waals surface area contributed by atoms with Gasteiger partial charge in [-0.15, -0.1) is 0 Å². The van der Waals surface area contributed by atoms with Crippen LogP contribution in [0.4, 0.5) is 5.82 Å². The summed E-state index contributed by atoms with van der Waals surface area (Å²) in [5.41, 5.74) is 3.44. The van der Waals surface area contributed by atoms with Crippen molar-refractivity contribution in [2.75, 3.05) is 18.4 Å². The molecule has 3 aromatic heterocycles. The Morgan fingerprint density at radius 3 is 2.84 bits per heavy atom. The first-order valence-corrected chi connectivity index (χ1v) is 12.0. The largest absolute Gasteiger partial charge is 0.370 e. The number of nitrogens with zero attached hydrogens (tertiary/aromatic N) is 3. The molecule has 0 fully saturated rings. The Morgan fingerprint density at radius 2 is 2.03 bits per heavy atom. The predicted octanol–water partition coefficient (Wildman–Crippen LogP) is 5.42. The van der Waals surface area contributed by atoms with Crippen LogP contribution < -0.4 is 10.6 Å². The maximum atomic E-state index is 12.0. The van der Waals surface area contributed by atoms with Crippen molar-refractivity contribution >= 4 is 56.2 Å². The zero-order valence-electron chi connectivity index (χ0n) is 16.6. The van der Waals surface area contributed by atoms with E-state index in [9.17, 15) is 4.79 Å². The third kappa shape index (κ3) is 5.44. The van der Waals surface area contributed by atoms with Gasteiger partial charge in [-0.3, -0.25) is 4.79 Å². The molecule has 0 saturated carbocycles. The van der Waals surface area contributed by atoms with Crippen LogP contribution in [0.2, 0.25) is 5.02 Å². The van der Waals surface area contributed by atoms with E-state index in [0.717, 1.165) is 52.1 Å². The summed E-state index contributed by atoms with van der Waals surface area (Å²) in [6, 6.07) is 11.6. The van der Waals surface area contributed by atoms with Crippen molar-refractivity contribution < 1.29 is 4.79 Å². The summed E-state index contributed by atoms with van der Waals surface area (Å²) < 4.78 is 2.59. The highest BCUT2D eigenvalue weighted by Crippen LogP contribution is 2.30. The van der Waals surface area contributed by atoms with Gasteiger partial charge in [-0.2, -0.15) is 21.0 Å². The van der Waals surface area contributed by atoms with Crippen molar-refractivity contribution in [1.82, 2.24) is 19.9 Å². The normalized spacial score (nSPS) is 11.0. The number of amides is 1. The number of fused-ring (bicyclic) bond motifs is 1. The Labute approximate surface area is 197 Å². The van der Waals surface area contributed by atoms with Crippen LogP contribution in [-0.2, 0) is 11.2 Å². The molecular weight excluding hydrogens is 498 g/mol. The summed E-state index contributed by atoms with van der Waals surface area (Å²) in [6.07, 6.45) is 3.96. The van der Waals surface area contributed by atoms with Crippen molar-refractivity contribution in [3.63, 3.8) is 0 Å². The molecule has 160 valence electrons. The summed E-state index contributed by atoms with van der Waals surface area (Å²) in [6.45, 7) is 1.41. The molecule has 6 nitrogen and oxygen atoms in total. The van der Waals surface area contributed by atoms with Crippen LogP contribution in [0.1, 0.15) is 18.4 Å². The predicted molar refractivity (Wildman–Crippen MR) is 130 cm³/mol. The molecule has 0 radical (unpaired) electrons. The molecule has 1 aromatic carbocycles. The lowest BCUT2D eigenvalue weighted by molar-refractivity contribution is -0.120. The summed E-state index contributed by atoms with van der Waals surface area (Å²) in [5.74, 6) is 0.903. The van der Waals surface area contributed by atoms with Crippen molar-refractivity contribution in [3.05, 3.63) is 68.4 Å². The molecule has 0 spiro atoms. The number of aromatic nitrogens is 3. The van der Waals surface area contributed by atoms with Crippen LogP contribution in [0.5, 0.6) is 0 Å². The monoisotopic (exact) mass is 517 g/mol. The molecule has 31 heavy (non-hydrogen) atoms. The van der Waals surface area contributed by atoms with Crippen molar-refractivity contribution in [3.8, 4) is 11.3 Å². The first-order chi connectivity index (χ1) is 15.1. The van der Waals surface area contributed by atoms with E-state index in [4.69, 9.17) is 16.6 Å². The summed E-state index contributed by atoms with van der Waals surface area (Å²) in [7, 11) is 0. The Balaban J connectivity index is 1.35. The van der Waals surface area contributed by atoms with Gasteiger partial charge < -0.3 is 10.6 Å². The molecule has 0 unspecified atom stereocenters. The minimum absolute atomic E-state index is 0.0629. The maximum absolute atomic E-state index is 12.0. The van der Waals surface area contributed by atoms with Crippen molar-refractivity contribution in [2.45, 2.75) is 19.3 Å². The number of hydrogen-bond acceptors (Lipinski definition) is 5. The van der Waals surface area contributed by atoms with Crippen LogP contribution >= 0.6 is 38.9 Å². The molecule has 0 aliphatic rings. The van der Waals surface area contributed by atoms with E-state index in [-0.39, 0.29) is 5.91 Å². The number of unbranched alkanes of at least 4 members (excludes halogenated alkanes) is 1. The standard InChI is InChI=1S/C22H21BrClN5OS/c23-17-13-27-29-20(12-19(28-22(17)29)16-5-1-2-6-18(16)24)25-8-3-4-9-26-21(30)11-15-7-10-31-14-15/h1-2,5-7,10,12-14,25H,3-4,8-9,11H2,(H,26,30). The number of hydrogen-bond donors (Lipinski definition) is 2. The van der Waals surface area contributed by atoms with E-state index in [0.29, 0.717) is 18.0 Å². The van der Waals surface area contributed by atoms with Gasteiger partial charge in [-0.1, -0.05) is 29.8 Å². The smallest absolute Gasteiger partial charge is 0.224 e. The molecule has 0 saturated heterocycles. The number of carbonyl (C=O) groups excluding carboxylic acids is 1. The highest BCUT2D eigenvalue weighted by Gasteiger charge is 2.13. The molecule has 2 N–H and O–H groups in total. The topological polar surface area (TPSA) is 71.3 Å². The van der Waals surface area contributed by atoms with E-state index in [2.05, 4.69) is 31.7 Å². The van der Waals surface area contributed by atoms with Crippen molar-refractivity contribution in [1.29, 1.82) is 0 Å². The SMILES string of the molecule is O=C(Cc1ccsc1)NCCCCNc1cc(-c2ccccc2Cl)nc2c(Br)cnn12. The van der Waals surface area contributed by atoms with Gasteiger partial charge >= 0.3 is 0 Å². The van der Waals surface area contributed by atoms with Gasteiger partial charge in [0.1, 0.15) is 5.82 Å². The lowest BCUT2D eigenvalue weighted by Crippen LogP contribution is -2.26. The Hall–Kier alpha value is -2.42. The van der Waals surface area contributed by atoms with Gasteiger partial charge in [0.2, 0.25) is 5.91 Å². The molecule has 4 aromatic rings. The van der Waals surface area contributed by atoms with E-state index >= 15 is 0 Å². The minimum Gasteiger partial charge on any atom is -0.370 e. The van der Waals surface area contributed by atoms with E-state index in [1.807, 2.05) is 47.2 Å². The molecule has 0 atom stereocenters. The second-order valence-corrected chi connectivity index (χ2v) is 9.07. The lowest BCUT2D eigenvalue weighted by atomic mass is 10.1. The number of benzene rings is 1. The summed E-state index contributed by atoms with van der Waals surface area (Å²) in [5, 5.41) is 15.5. The number of anilines is 1. The highest BCUT2D eigenvalue weighted by atomic mass is 79.9. The third-order valence-electron chi connectivity index (χ3n) is 4.76. The first kappa shape index (κ1) is 21.8. The third-order valence-corrected chi connectivity index (χ3v) is 6.38. The van der Waals surface area contributed by atoms with Crippen LogP contribution in [0, 0.1) is 0 Å². The fraction of sp³-hybridized carbons (Fsp3) is 0.227. The van der Waals surface area contributed by atoms with Crippen LogP contribution in [0.3, 0.4) is 0 Å². The van der Waals surface area contributed by atoms with Gasteiger partial charge in [0.25, 0.3) is 0 Å². The Morgan fingerprint density at radius 1 is 1.19 bits per heavy atom. The molecule has 3 heterocycles. The zero-order valence-corrected chi connectivity index (χ0v) is 19.8. The molecular formula is C22H21BrClN5OS. The average molecular weight is 519 g/mol. The van der Waals surface area contributed by atoms with Gasteiger partial charge in [-0.25, -0.2) is 4.98 Å². The van der Waals surface area contributed by atoms with Crippen molar-refractivity contribution in [2.24, 2.45) is 0 Å². The van der Waals surface area contributed by atoms with E-state index in [1.165, 1.54) is 0 Å². The number of carbonyl (C=O) groups is 1. The van der Waals surface area contributed by atoms with Gasteiger partial charge in [-0.05, 0) is 57.2 Å². The quantitative estimate of drug-likeness (QED) is 0.290. The fourth-order valence-electron chi connectivity index (χ4n) is 3.20. The van der Waals surface area contributed by atoms with Gasteiger partial charge in [0, 0.05) is 29.7 Å². The lowest BCUT2D eigenvalue weighted by Gasteiger charge is -2.12. The van der Waals surface area contributed by atoms with E-state index in [1.54, 1.807) is 22.0 Å². The van der Waals surface area contributed by atoms with Crippen LogP contribution in [0.25, 0.3) is 16.9 Å². The molecule has 1 amide bonds. The van der Waals surface area contributed by atoms with Gasteiger partial charge in [0.15, 0.2) is 5.65 Å². The first-order valence-electron chi connectivity index (χ1n) is 9.92. The number of halogens is 2. The summed E-state index contributed by atoms with van der Waals surface area (Å²) >= 11 is 11.5. The van der Waals surface area contributed by atoms with Crippen LogP contribution in [0.15, 0.2) is 57.8 Å². The second-order valence-electron chi connectivity index (χ2n) is 7.03. The molecule has 0 aliphatic heterocycles.